The molecule has 0 saturated heterocycles. The number of carbonyl (C=O) groups is 1. The van der Waals surface area contributed by atoms with Crippen LogP contribution in [0.1, 0.15) is 21.1 Å². The predicted octanol–water partition coefficient (Wildman–Crippen LogP) is 4.31. The third-order valence-electron chi connectivity index (χ3n) is 3.81. The minimum absolute atomic E-state index is 0.0316. The average Bonchev–Trinajstić information content (AvgIpc) is 3.06. The Morgan fingerprint density at radius 3 is 3.04 bits per heavy atom. The molecule has 1 aliphatic rings. The molecule has 3 heterocycles. The lowest BCUT2D eigenvalue weighted by Crippen LogP contribution is -2.26. The summed E-state index contributed by atoms with van der Waals surface area (Å²) in [5.41, 5.74) is 2.47. The van der Waals surface area contributed by atoms with Crippen molar-refractivity contribution in [3.63, 3.8) is 0 Å². The van der Waals surface area contributed by atoms with Crippen molar-refractivity contribution >= 4 is 55.0 Å². The molecule has 0 saturated carbocycles. The molecule has 0 fully saturated rings. The maximum absolute atomic E-state index is 12.5. The van der Waals surface area contributed by atoms with E-state index >= 15 is 0 Å². The Hall–Kier alpha value is -1.50. The molecule has 116 valence electrons. The third-order valence-corrected chi connectivity index (χ3v) is 5.78. The number of halogens is 2. The van der Waals surface area contributed by atoms with Crippen molar-refractivity contribution in [2.24, 2.45) is 0 Å². The van der Waals surface area contributed by atoms with E-state index in [1.165, 1.54) is 0 Å². The van der Waals surface area contributed by atoms with Gasteiger partial charge in [0, 0.05) is 28.7 Å². The number of amides is 1. The lowest BCUT2D eigenvalue weighted by Gasteiger charge is -2.13. The zero-order chi connectivity index (χ0) is 16.0. The second-order valence-electron chi connectivity index (χ2n) is 5.31. The number of aromatic nitrogens is 2. The molecule has 3 aromatic rings. The van der Waals surface area contributed by atoms with Crippen molar-refractivity contribution < 1.29 is 4.79 Å². The summed E-state index contributed by atoms with van der Waals surface area (Å²) in [5.74, 6) is 0.0316. The number of benzene rings is 1. The Balaban J connectivity index is 1.51. The van der Waals surface area contributed by atoms with E-state index < -0.39 is 0 Å². The minimum Gasteiger partial charge on any atom is -0.332 e. The first kappa shape index (κ1) is 15.1. The minimum atomic E-state index is 0.0316. The van der Waals surface area contributed by atoms with Crippen LogP contribution in [0.3, 0.4) is 0 Å². The fourth-order valence-corrected chi connectivity index (χ4v) is 4.45. The number of carbonyl (C=O) groups excluding carboxylic acids is 1. The van der Waals surface area contributed by atoms with Gasteiger partial charge in [-0.3, -0.25) is 9.78 Å². The van der Waals surface area contributed by atoms with Gasteiger partial charge in [0.15, 0.2) is 0 Å². The Morgan fingerprint density at radius 2 is 2.22 bits per heavy atom. The smallest absolute Gasteiger partial charge is 0.257 e. The van der Waals surface area contributed by atoms with Crippen LogP contribution in [-0.4, -0.2) is 27.3 Å². The largest absolute Gasteiger partial charge is 0.332 e. The molecule has 4 rings (SSSR count). The first-order chi connectivity index (χ1) is 11.1. The number of hydrogen-bond acceptors (Lipinski definition) is 4. The molecule has 1 amide bonds. The molecular weight excluding hydrogens is 398 g/mol. The van der Waals surface area contributed by atoms with Crippen LogP contribution in [0.15, 0.2) is 34.9 Å². The van der Waals surface area contributed by atoms with Crippen molar-refractivity contribution in [3.8, 4) is 0 Å². The van der Waals surface area contributed by atoms with Crippen molar-refractivity contribution in [2.75, 3.05) is 6.54 Å². The lowest BCUT2D eigenvalue weighted by atomic mass is 10.2. The van der Waals surface area contributed by atoms with Crippen LogP contribution >= 0.6 is 38.9 Å². The first-order valence-electron chi connectivity index (χ1n) is 7.09. The molecule has 0 bridgehead atoms. The third kappa shape index (κ3) is 2.75. The van der Waals surface area contributed by atoms with Gasteiger partial charge in [-0.2, -0.15) is 0 Å². The highest BCUT2D eigenvalue weighted by Gasteiger charge is 2.30. The van der Waals surface area contributed by atoms with Crippen LogP contribution in [0.4, 0.5) is 0 Å². The number of pyridine rings is 1. The highest BCUT2D eigenvalue weighted by atomic mass is 79.9. The number of thiazole rings is 1. The molecule has 0 atom stereocenters. The zero-order valence-corrected chi connectivity index (χ0v) is 15.1. The van der Waals surface area contributed by atoms with E-state index in [4.69, 9.17) is 11.6 Å². The van der Waals surface area contributed by atoms with Gasteiger partial charge in [0.1, 0.15) is 0 Å². The maximum Gasteiger partial charge on any atom is 0.257 e. The van der Waals surface area contributed by atoms with Crippen LogP contribution < -0.4 is 0 Å². The normalized spacial score (nSPS) is 13.8. The van der Waals surface area contributed by atoms with E-state index in [1.807, 2.05) is 23.1 Å². The van der Waals surface area contributed by atoms with E-state index in [0.717, 1.165) is 31.8 Å². The van der Waals surface area contributed by atoms with Gasteiger partial charge in [-0.15, -0.1) is 11.3 Å². The van der Waals surface area contributed by atoms with Gasteiger partial charge < -0.3 is 4.90 Å². The fraction of sp³-hybridized carbons (Fsp3) is 0.188. The van der Waals surface area contributed by atoms with E-state index in [2.05, 4.69) is 25.9 Å². The predicted molar refractivity (Wildman–Crippen MR) is 95.0 cm³/mol. The average molecular weight is 409 g/mol. The standard InChI is InChI=1S/C16H11BrClN3OS/c17-10-3-5-19-12-8-21(16(22)15(10)12)6-4-14-20-11-2-1-9(18)7-13(11)23-14/h1-3,5,7H,4,6,8H2. The molecule has 0 radical (unpaired) electrons. The summed E-state index contributed by atoms with van der Waals surface area (Å²) in [7, 11) is 0. The molecule has 0 unspecified atom stereocenters. The van der Waals surface area contributed by atoms with E-state index in [-0.39, 0.29) is 5.91 Å². The SMILES string of the molecule is O=C1c2c(Br)ccnc2CN1CCc1nc2ccc(Cl)cc2s1. The van der Waals surface area contributed by atoms with Crippen LogP contribution in [0.25, 0.3) is 10.2 Å². The molecule has 2 aromatic heterocycles. The van der Waals surface area contributed by atoms with Gasteiger partial charge in [0.2, 0.25) is 0 Å². The molecule has 4 nitrogen and oxygen atoms in total. The van der Waals surface area contributed by atoms with Crippen molar-refractivity contribution in [1.82, 2.24) is 14.9 Å². The molecule has 1 aromatic carbocycles. The quantitative estimate of drug-likeness (QED) is 0.649. The molecule has 0 aliphatic carbocycles. The van der Waals surface area contributed by atoms with E-state index in [0.29, 0.717) is 23.7 Å². The summed E-state index contributed by atoms with van der Waals surface area (Å²) in [6, 6.07) is 7.50. The summed E-state index contributed by atoms with van der Waals surface area (Å²) in [5, 5.41) is 1.73. The van der Waals surface area contributed by atoms with Crippen LogP contribution in [-0.2, 0) is 13.0 Å². The van der Waals surface area contributed by atoms with Gasteiger partial charge in [-0.1, -0.05) is 11.6 Å². The van der Waals surface area contributed by atoms with Gasteiger partial charge in [0.05, 0.1) is 33.0 Å². The molecule has 7 heteroatoms. The summed E-state index contributed by atoms with van der Waals surface area (Å²) in [6.07, 6.45) is 2.45. The van der Waals surface area contributed by atoms with Gasteiger partial charge in [0.25, 0.3) is 5.91 Å². The maximum atomic E-state index is 12.5. The Bertz CT molecular complexity index is 927. The van der Waals surface area contributed by atoms with Crippen molar-refractivity contribution in [1.29, 1.82) is 0 Å². The number of hydrogen-bond donors (Lipinski definition) is 0. The number of fused-ring (bicyclic) bond motifs is 2. The second kappa shape index (κ2) is 5.85. The van der Waals surface area contributed by atoms with E-state index in [1.54, 1.807) is 23.6 Å². The molecule has 0 spiro atoms. The number of nitrogens with zero attached hydrogens (tertiary/aromatic N) is 3. The second-order valence-corrected chi connectivity index (χ2v) is 7.72. The highest BCUT2D eigenvalue weighted by molar-refractivity contribution is 9.10. The molecule has 1 aliphatic heterocycles. The topological polar surface area (TPSA) is 46.1 Å². The summed E-state index contributed by atoms with van der Waals surface area (Å²) in [6.45, 7) is 1.19. The Morgan fingerprint density at radius 1 is 1.35 bits per heavy atom. The van der Waals surface area contributed by atoms with Gasteiger partial charge in [-0.25, -0.2) is 4.98 Å². The number of rotatable bonds is 3. The fourth-order valence-electron chi connectivity index (χ4n) is 2.70. The van der Waals surface area contributed by atoms with Crippen LogP contribution in [0, 0.1) is 0 Å². The monoisotopic (exact) mass is 407 g/mol. The zero-order valence-electron chi connectivity index (χ0n) is 11.9. The Kier molecular flexibility index (Phi) is 3.83. The van der Waals surface area contributed by atoms with Crippen molar-refractivity contribution in [3.05, 3.63) is 56.2 Å². The molecular formula is C16H11BrClN3OS. The lowest BCUT2D eigenvalue weighted by molar-refractivity contribution is 0.0779. The van der Waals surface area contributed by atoms with Crippen LogP contribution in [0.5, 0.6) is 0 Å². The summed E-state index contributed by atoms with van der Waals surface area (Å²) >= 11 is 11.1. The Labute approximate surface area is 150 Å². The first-order valence-corrected chi connectivity index (χ1v) is 9.08. The van der Waals surface area contributed by atoms with Crippen molar-refractivity contribution in [2.45, 2.75) is 13.0 Å². The van der Waals surface area contributed by atoms with E-state index in [9.17, 15) is 4.79 Å². The summed E-state index contributed by atoms with van der Waals surface area (Å²) < 4.78 is 1.89. The van der Waals surface area contributed by atoms with Gasteiger partial charge >= 0.3 is 0 Å². The highest BCUT2D eigenvalue weighted by Crippen LogP contribution is 2.29. The van der Waals surface area contributed by atoms with Gasteiger partial charge in [-0.05, 0) is 40.2 Å². The molecule has 23 heavy (non-hydrogen) atoms. The molecule has 0 N–H and O–H groups in total. The van der Waals surface area contributed by atoms with Crippen LogP contribution in [0.2, 0.25) is 5.02 Å². The summed E-state index contributed by atoms with van der Waals surface area (Å²) in [4.78, 5) is 23.2.